The highest BCUT2D eigenvalue weighted by molar-refractivity contribution is 9.09. The van der Waals surface area contributed by atoms with Gasteiger partial charge in [-0.25, -0.2) is 0 Å². The van der Waals surface area contributed by atoms with Crippen LogP contribution in [0.5, 0.6) is 23.0 Å². The van der Waals surface area contributed by atoms with Gasteiger partial charge in [0.15, 0.2) is 23.0 Å². The molecule has 2 atom stereocenters. The van der Waals surface area contributed by atoms with Crippen molar-refractivity contribution in [2.24, 2.45) is 0 Å². The van der Waals surface area contributed by atoms with Crippen LogP contribution in [0, 0.1) is 0 Å². The van der Waals surface area contributed by atoms with E-state index in [1.165, 1.54) is 6.92 Å². The first-order valence-corrected chi connectivity index (χ1v) is 9.20. The number of carbonyl (C=O) groups excluding carboxylic acids is 1. The van der Waals surface area contributed by atoms with Crippen molar-refractivity contribution in [1.82, 2.24) is 0 Å². The van der Waals surface area contributed by atoms with E-state index in [9.17, 15) is 4.79 Å². The van der Waals surface area contributed by atoms with Crippen LogP contribution < -0.4 is 18.9 Å². The Balaban J connectivity index is 2.30. The van der Waals surface area contributed by atoms with Gasteiger partial charge in [0.2, 0.25) is 0 Å². The smallest absolute Gasteiger partial charge is 0.302 e. The standard InChI is InChI=1S/C20H23BrO6/c1-13(22)26-12-19(27-17-8-6-5-7-15(17)23-2)20(21)14-9-10-16(24-3)18(11-14)25-4/h5-11,19-20H,12H2,1-4H3/t19-,20+/m1/s1. The first-order chi connectivity index (χ1) is 13.0. The highest BCUT2D eigenvalue weighted by Gasteiger charge is 2.26. The Hall–Kier alpha value is -2.41. The van der Waals surface area contributed by atoms with Gasteiger partial charge in [0.25, 0.3) is 0 Å². The molecule has 0 amide bonds. The molecule has 2 aromatic carbocycles. The maximum absolute atomic E-state index is 11.3. The lowest BCUT2D eigenvalue weighted by Crippen LogP contribution is -2.29. The first kappa shape index (κ1) is 20.9. The van der Waals surface area contributed by atoms with Crippen molar-refractivity contribution in [3.05, 3.63) is 48.0 Å². The molecule has 146 valence electrons. The molecule has 0 saturated carbocycles. The van der Waals surface area contributed by atoms with Crippen molar-refractivity contribution < 1.29 is 28.5 Å². The zero-order valence-corrected chi connectivity index (χ0v) is 17.3. The first-order valence-electron chi connectivity index (χ1n) is 8.29. The maximum atomic E-state index is 11.3. The number of rotatable bonds is 9. The molecule has 7 heteroatoms. The molecule has 0 radical (unpaired) electrons. The number of methoxy groups -OCH3 is 3. The van der Waals surface area contributed by atoms with Crippen LogP contribution in [0.2, 0.25) is 0 Å². The van der Waals surface area contributed by atoms with E-state index in [0.29, 0.717) is 23.0 Å². The zero-order valence-electron chi connectivity index (χ0n) is 15.7. The van der Waals surface area contributed by atoms with Crippen molar-refractivity contribution in [1.29, 1.82) is 0 Å². The molecular weight excluding hydrogens is 416 g/mol. The number of hydrogen-bond donors (Lipinski definition) is 0. The summed E-state index contributed by atoms with van der Waals surface area (Å²) in [5.41, 5.74) is 0.889. The molecule has 0 saturated heterocycles. The third-order valence-electron chi connectivity index (χ3n) is 3.85. The summed E-state index contributed by atoms with van der Waals surface area (Å²) in [4.78, 5) is 11.0. The molecule has 27 heavy (non-hydrogen) atoms. The Labute approximate surface area is 167 Å². The molecule has 0 aliphatic rings. The molecular formula is C20H23BrO6. The molecule has 2 rings (SSSR count). The molecule has 0 bridgehead atoms. The van der Waals surface area contributed by atoms with Crippen molar-refractivity contribution in [2.45, 2.75) is 17.9 Å². The summed E-state index contributed by atoms with van der Waals surface area (Å²) >= 11 is 3.66. The average Bonchev–Trinajstić information content (AvgIpc) is 2.70. The van der Waals surface area contributed by atoms with E-state index in [1.54, 1.807) is 33.5 Å². The number of halogens is 1. The number of carbonyl (C=O) groups is 1. The lowest BCUT2D eigenvalue weighted by Gasteiger charge is -2.25. The van der Waals surface area contributed by atoms with Gasteiger partial charge >= 0.3 is 5.97 Å². The predicted molar refractivity (Wildman–Crippen MR) is 105 cm³/mol. The molecule has 0 fully saturated rings. The van der Waals surface area contributed by atoms with Crippen LogP contribution >= 0.6 is 15.9 Å². The summed E-state index contributed by atoms with van der Waals surface area (Å²) < 4.78 is 27.3. The maximum Gasteiger partial charge on any atom is 0.302 e. The monoisotopic (exact) mass is 438 g/mol. The summed E-state index contributed by atoms with van der Waals surface area (Å²) in [6.07, 6.45) is -0.497. The van der Waals surface area contributed by atoms with Crippen LogP contribution in [0.3, 0.4) is 0 Å². The van der Waals surface area contributed by atoms with Gasteiger partial charge in [0.05, 0.1) is 26.2 Å². The SMILES string of the molecule is COc1ccc([C@H](Br)[C@@H](COC(C)=O)Oc2ccccc2OC)cc1OC. The molecule has 0 N–H and O–H groups in total. The van der Waals surface area contributed by atoms with Crippen LogP contribution in [0.4, 0.5) is 0 Å². The highest BCUT2D eigenvalue weighted by Crippen LogP contribution is 2.37. The normalized spacial score (nSPS) is 12.6. The van der Waals surface area contributed by atoms with E-state index >= 15 is 0 Å². The molecule has 0 aliphatic heterocycles. The Kier molecular flexibility index (Phi) is 7.79. The minimum absolute atomic E-state index is 0.0671. The van der Waals surface area contributed by atoms with Crippen LogP contribution in [0.15, 0.2) is 42.5 Å². The molecule has 6 nitrogen and oxygen atoms in total. The van der Waals surface area contributed by atoms with Gasteiger partial charge in [-0.1, -0.05) is 34.1 Å². The van der Waals surface area contributed by atoms with E-state index in [1.807, 2.05) is 30.3 Å². The third-order valence-corrected chi connectivity index (χ3v) is 4.97. The summed E-state index contributed by atoms with van der Waals surface area (Å²) in [5.74, 6) is 2.00. The topological polar surface area (TPSA) is 63.2 Å². The molecule has 0 aromatic heterocycles. The zero-order chi connectivity index (χ0) is 19.8. The van der Waals surface area contributed by atoms with Gasteiger partial charge in [-0.15, -0.1) is 0 Å². The molecule has 2 aromatic rings. The van der Waals surface area contributed by atoms with Crippen molar-refractivity contribution in [3.8, 4) is 23.0 Å². The second kappa shape index (κ2) is 10.1. The largest absolute Gasteiger partial charge is 0.493 e. The molecule has 0 spiro atoms. The molecule has 0 aliphatic carbocycles. The summed E-state index contributed by atoms with van der Waals surface area (Å²) in [6, 6.07) is 12.9. The van der Waals surface area contributed by atoms with E-state index in [2.05, 4.69) is 15.9 Å². The van der Waals surface area contributed by atoms with Crippen LogP contribution in [-0.4, -0.2) is 40.0 Å². The van der Waals surface area contributed by atoms with Gasteiger partial charge < -0.3 is 23.7 Å². The summed E-state index contributed by atoms with van der Waals surface area (Å²) in [5, 5.41) is 0. The lowest BCUT2D eigenvalue weighted by atomic mass is 10.1. The fourth-order valence-electron chi connectivity index (χ4n) is 2.50. The predicted octanol–water partition coefficient (Wildman–Crippen LogP) is 4.16. The van der Waals surface area contributed by atoms with Crippen molar-refractivity contribution in [3.63, 3.8) is 0 Å². The minimum atomic E-state index is -0.497. The Bertz CT molecular complexity index is 764. The van der Waals surface area contributed by atoms with Crippen LogP contribution in [0.1, 0.15) is 17.3 Å². The summed E-state index contributed by atoms with van der Waals surface area (Å²) in [6.45, 7) is 1.43. The van der Waals surface area contributed by atoms with Gasteiger partial charge in [-0.2, -0.15) is 0 Å². The van der Waals surface area contributed by atoms with Gasteiger partial charge in [-0.3, -0.25) is 4.79 Å². The highest BCUT2D eigenvalue weighted by atomic mass is 79.9. The minimum Gasteiger partial charge on any atom is -0.493 e. The Morgan fingerprint density at radius 1 is 0.926 bits per heavy atom. The van der Waals surface area contributed by atoms with E-state index < -0.39 is 6.10 Å². The second-order valence-electron chi connectivity index (χ2n) is 5.63. The fraction of sp³-hybridized carbons (Fsp3) is 0.350. The lowest BCUT2D eigenvalue weighted by molar-refractivity contribution is -0.143. The third kappa shape index (κ3) is 5.53. The second-order valence-corrected chi connectivity index (χ2v) is 6.61. The Morgan fingerprint density at radius 3 is 2.11 bits per heavy atom. The number of alkyl halides is 1. The number of hydrogen-bond acceptors (Lipinski definition) is 6. The fourth-order valence-corrected chi connectivity index (χ4v) is 3.04. The number of ether oxygens (including phenoxy) is 5. The quantitative estimate of drug-likeness (QED) is 0.432. The van der Waals surface area contributed by atoms with E-state index in [0.717, 1.165) is 5.56 Å². The molecule has 0 heterocycles. The van der Waals surface area contributed by atoms with E-state index in [-0.39, 0.29) is 17.4 Å². The number of benzene rings is 2. The number of esters is 1. The van der Waals surface area contributed by atoms with Gasteiger partial charge in [0.1, 0.15) is 12.7 Å². The number of para-hydroxylation sites is 2. The van der Waals surface area contributed by atoms with E-state index in [4.69, 9.17) is 23.7 Å². The van der Waals surface area contributed by atoms with Crippen LogP contribution in [0.25, 0.3) is 0 Å². The Morgan fingerprint density at radius 2 is 1.52 bits per heavy atom. The molecule has 0 unspecified atom stereocenters. The van der Waals surface area contributed by atoms with Crippen LogP contribution in [-0.2, 0) is 9.53 Å². The summed E-state index contributed by atoms with van der Waals surface area (Å²) in [7, 11) is 4.73. The van der Waals surface area contributed by atoms with Crippen molar-refractivity contribution >= 4 is 21.9 Å². The average molecular weight is 439 g/mol. The van der Waals surface area contributed by atoms with Crippen molar-refractivity contribution in [2.75, 3.05) is 27.9 Å². The van der Waals surface area contributed by atoms with Gasteiger partial charge in [-0.05, 0) is 29.8 Å². The van der Waals surface area contributed by atoms with Gasteiger partial charge in [0, 0.05) is 6.92 Å².